The molecule has 0 aliphatic carbocycles. The van der Waals surface area contributed by atoms with E-state index in [9.17, 15) is 4.79 Å². The number of benzene rings is 1. The van der Waals surface area contributed by atoms with Crippen molar-refractivity contribution in [3.63, 3.8) is 0 Å². The minimum Gasteiger partial charge on any atom is -0.493 e. The number of ether oxygens (including phenoxy) is 2. The van der Waals surface area contributed by atoms with Crippen LogP contribution in [0.1, 0.15) is 37.0 Å². The normalized spacial score (nSPS) is 15.6. The summed E-state index contributed by atoms with van der Waals surface area (Å²) in [5.41, 5.74) is 0.663. The Kier molecular flexibility index (Phi) is 6.91. The van der Waals surface area contributed by atoms with Gasteiger partial charge in [0, 0.05) is 18.7 Å². The van der Waals surface area contributed by atoms with E-state index >= 15 is 0 Å². The molecule has 1 heterocycles. The second-order valence-electron chi connectivity index (χ2n) is 6.86. The molecule has 0 aromatic heterocycles. The van der Waals surface area contributed by atoms with Crippen molar-refractivity contribution < 1.29 is 14.3 Å². The van der Waals surface area contributed by atoms with Gasteiger partial charge in [-0.3, -0.25) is 4.79 Å². The highest BCUT2D eigenvalue weighted by Gasteiger charge is 2.24. The molecule has 2 rings (SSSR count). The zero-order valence-corrected chi connectivity index (χ0v) is 15.3. The van der Waals surface area contributed by atoms with Gasteiger partial charge in [0.25, 0.3) is 5.91 Å². The van der Waals surface area contributed by atoms with Crippen LogP contribution in [0.15, 0.2) is 18.2 Å². The molecule has 1 saturated heterocycles. The summed E-state index contributed by atoms with van der Waals surface area (Å²) in [4.78, 5) is 14.7. The van der Waals surface area contributed by atoms with Gasteiger partial charge < -0.3 is 19.7 Å². The van der Waals surface area contributed by atoms with Crippen LogP contribution in [0.2, 0.25) is 0 Å². The number of carbonyl (C=O) groups excluding carboxylic acids is 1. The van der Waals surface area contributed by atoms with Crippen molar-refractivity contribution in [1.29, 1.82) is 0 Å². The molecule has 1 fully saturated rings. The van der Waals surface area contributed by atoms with Crippen LogP contribution in [0.4, 0.5) is 0 Å². The standard InChI is InChI=1S/C19H30N2O3/c1-14(2)13-24-17-6-5-16(11-18(17)23-4)19(22)21-9-7-15(8-10-21)12-20-3/h5-6,11,14-15,20H,7-10,12-13H2,1-4H3. The lowest BCUT2D eigenvalue weighted by molar-refractivity contribution is 0.0690. The van der Waals surface area contributed by atoms with Gasteiger partial charge in [0.2, 0.25) is 0 Å². The topological polar surface area (TPSA) is 50.8 Å². The molecular formula is C19H30N2O3. The molecule has 0 bridgehead atoms. The van der Waals surface area contributed by atoms with E-state index in [-0.39, 0.29) is 5.91 Å². The van der Waals surface area contributed by atoms with E-state index in [0.29, 0.717) is 35.5 Å². The van der Waals surface area contributed by atoms with E-state index in [2.05, 4.69) is 19.2 Å². The summed E-state index contributed by atoms with van der Waals surface area (Å²) in [6.45, 7) is 7.49. The summed E-state index contributed by atoms with van der Waals surface area (Å²) in [6, 6.07) is 5.46. The van der Waals surface area contributed by atoms with Gasteiger partial charge in [-0.15, -0.1) is 0 Å². The Hall–Kier alpha value is -1.75. The molecule has 5 heteroatoms. The van der Waals surface area contributed by atoms with E-state index in [1.54, 1.807) is 13.2 Å². The van der Waals surface area contributed by atoms with Gasteiger partial charge in [0.1, 0.15) is 0 Å². The highest BCUT2D eigenvalue weighted by atomic mass is 16.5. The molecule has 0 atom stereocenters. The summed E-state index contributed by atoms with van der Waals surface area (Å²) in [5.74, 6) is 2.49. The first-order chi connectivity index (χ1) is 11.5. The summed E-state index contributed by atoms with van der Waals surface area (Å²) in [5, 5.41) is 3.22. The van der Waals surface area contributed by atoms with Crippen LogP contribution in [0, 0.1) is 11.8 Å². The molecule has 24 heavy (non-hydrogen) atoms. The largest absolute Gasteiger partial charge is 0.493 e. The van der Waals surface area contributed by atoms with E-state index in [1.165, 1.54) is 0 Å². The quantitative estimate of drug-likeness (QED) is 0.833. The molecule has 0 spiro atoms. The van der Waals surface area contributed by atoms with E-state index in [1.807, 2.05) is 24.1 Å². The number of rotatable bonds is 7. The summed E-state index contributed by atoms with van der Waals surface area (Å²) >= 11 is 0. The van der Waals surface area contributed by atoms with Crippen molar-refractivity contribution >= 4 is 5.91 Å². The summed E-state index contributed by atoms with van der Waals surface area (Å²) in [7, 11) is 3.59. The van der Waals surface area contributed by atoms with E-state index in [4.69, 9.17) is 9.47 Å². The van der Waals surface area contributed by atoms with Crippen molar-refractivity contribution in [3.8, 4) is 11.5 Å². The smallest absolute Gasteiger partial charge is 0.253 e. The first-order valence-electron chi connectivity index (χ1n) is 8.79. The third-order valence-corrected chi connectivity index (χ3v) is 4.38. The Labute approximate surface area is 145 Å². The van der Waals surface area contributed by atoms with Crippen LogP contribution in [0.25, 0.3) is 0 Å². The van der Waals surface area contributed by atoms with Gasteiger partial charge in [0.15, 0.2) is 11.5 Å². The average molecular weight is 334 g/mol. The highest BCUT2D eigenvalue weighted by Crippen LogP contribution is 2.29. The molecule has 1 aromatic rings. The van der Waals surface area contributed by atoms with Crippen LogP contribution in [-0.4, -0.2) is 51.2 Å². The van der Waals surface area contributed by atoms with Crippen LogP contribution >= 0.6 is 0 Å². The van der Waals surface area contributed by atoms with Crippen molar-refractivity contribution in [1.82, 2.24) is 10.2 Å². The zero-order chi connectivity index (χ0) is 17.5. The first kappa shape index (κ1) is 18.6. The van der Waals surface area contributed by atoms with Crippen LogP contribution in [0.5, 0.6) is 11.5 Å². The molecule has 1 aliphatic rings. The minimum atomic E-state index is 0.0756. The number of hydrogen-bond acceptors (Lipinski definition) is 4. The maximum absolute atomic E-state index is 12.7. The fraction of sp³-hybridized carbons (Fsp3) is 0.632. The SMILES string of the molecule is CNCC1CCN(C(=O)c2ccc(OCC(C)C)c(OC)c2)CC1. The molecule has 1 aliphatic heterocycles. The van der Waals surface area contributed by atoms with Crippen molar-refractivity contribution in [2.75, 3.05) is 40.4 Å². The van der Waals surface area contributed by atoms with Crippen LogP contribution in [0.3, 0.4) is 0 Å². The van der Waals surface area contributed by atoms with Gasteiger partial charge in [-0.05, 0) is 56.5 Å². The number of carbonyl (C=O) groups is 1. The first-order valence-corrected chi connectivity index (χ1v) is 8.79. The zero-order valence-electron chi connectivity index (χ0n) is 15.3. The van der Waals surface area contributed by atoms with Gasteiger partial charge in [-0.2, -0.15) is 0 Å². The molecule has 1 amide bonds. The number of nitrogens with zero attached hydrogens (tertiary/aromatic N) is 1. The molecule has 134 valence electrons. The maximum Gasteiger partial charge on any atom is 0.253 e. The van der Waals surface area contributed by atoms with Crippen LogP contribution < -0.4 is 14.8 Å². The second kappa shape index (κ2) is 8.92. The Morgan fingerprint density at radius 1 is 1.29 bits per heavy atom. The lowest BCUT2D eigenvalue weighted by Gasteiger charge is -2.32. The summed E-state index contributed by atoms with van der Waals surface area (Å²) in [6.07, 6.45) is 2.11. The average Bonchev–Trinajstić information content (AvgIpc) is 2.60. The fourth-order valence-electron chi connectivity index (χ4n) is 2.99. The Morgan fingerprint density at radius 2 is 2.00 bits per heavy atom. The molecule has 5 nitrogen and oxygen atoms in total. The lowest BCUT2D eigenvalue weighted by atomic mass is 9.96. The number of amides is 1. The monoisotopic (exact) mass is 334 g/mol. The Morgan fingerprint density at radius 3 is 2.58 bits per heavy atom. The molecule has 0 unspecified atom stereocenters. The molecular weight excluding hydrogens is 304 g/mol. The number of hydrogen-bond donors (Lipinski definition) is 1. The van der Waals surface area contributed by atoms with Crippen LogP contribution in [-0.2, 0) is 0 Å². The molecule has 0 saturated carbocycles. The highest BCUT2D eigenvalue weighted by molar-refractivity contribution is 5.95. The van der Waals surface area contributed by atoms with Crippen molar-refractivity contribution in [2.24, 2.45) is 11.8 Å². The third-order valence-electron chi connectivity index (χ3n) is 4.38. The molecule has 0 radical (unpaired) electrons. The van der Waals surface area contributed by atoms with Crippen molar-refractivity contribution in [2.45, 2.75) is 26.7 Å². The third kappa shape index (κ3) is 4.87. The Balaban J connectivity index is 2.02. The Bertz CT molecular complexity index is 537. The summed E-state index contributed by atoms with van der Waals surface area (Å²) < 4.78 is 11.2. The number of piperidine rings is 1. The van der Waals surface area contributed by atoms with Gasteiger partial charge >= 0.3 is 0 Å². The second-order valence-corrected chi connectivity index (χ2v) is 6.86. The van der Waals surface area contributed by atoms with Gasteiger partial charge in [0.05, 0.1) is 13.7 Å². The van der Waals surface area contributed by atoms with Gasteiger partial charge in [-0.1, -0.05) is 13.8 Å². The maximum atomic E-state index is 12.7. The number of nitrogens with one attached hydrogen (secondary N) is 1. The van der Waals surface area contributed by atoms with E-state index < -0.39 is 0 Å². The molecule has 1 aromatic carbocycles. The predicted molar refractivity (Wildman–Crippen MR) is 95.9 cm³/mol. The molecule has 1 N–H and O–H groups in total. The number of likely N-dealkylation sites (tertiary alicyclic amines) is 1. The predicted octanol–water partition coefficient (Wildman–Crippen LogP) is 2.80. The minimum absolute atomic E-state index is 0.0756. The lowest BCUT2D eigenvalue weighted by Crippen LogP contribution is -2.40. The fourth-order valence-corrected chi connectivity index (χ4v) is 2.99. The van der Waals surface area contributed by atoms with Gasteiger partial charge in [-0.25, -0.2) is 0 Å². The number of methoxy groups -OCH3 is 1. The van der Waals surface area contributed by atoms with E-state index in [0.717, 1.165) is 32.5 Å². The van der Waals surface area contributed by atoms with Crippen molar-refractivity contribution in [3.05, 3.63) is 23.8 Å².